The minimum atomic E-state index is -0.826. The molecule has 0 aliphatic rings. The zero-order chi connectivity index (χ0) is 14.7. The molecule has 0 aliphatic carbocycles. The Hall–Kier alpha value is -2.50. The fraction of sp³-hybridized carbons (Fsp3) is 0.0714. The van der Waals surface area contributed by atoms with Gasteiger partial charge in [0.05, 0.1) is 12.1 Å². The van der Waals surface area contributed by atoms with Crippen molar-refractivity contribution in [3.63, 3.8) is 0 Å². The lowest BCUT2D eigenvalue weighted by Crippen LogP contribution is -2.17. The van der Waals surface area contributed by atoms with Crippen LogP contribution in [0.15, 0.2) is 36.4 Å². The van der Waals surface area contributed by atoms with E-state index >= 15 is 0 Å². The Balaban J connectivity index is 2.15. The smallest absolute Gasteiger partial charge is 0.229 e. The molecular weight excluding hydrogens is 269 g/mol. The van der Waals surface area contributed by atoms with Crippen LogP contribution < -0.4 is 11.1 Å². The second kappa shape index (κ2) is 5.64. The first-order valence-corrected chi connectivity index (χ1v) is 5.75. The Labute approximate surface area is 113 Å². The molecule has 20 heavy (non-hydrogen) atoms. The number of nitrogens with two attached hydrogens (primary N) is 1. The van der Waals surface area contributed by atoms with Crippen LogP contribution in [0.25, 0.3) is 0 Å². The number of nitrogen functional groups attached to an aromatic ring is 1. The van der Waals surface area contributed by atoms with Crippen LogP contribution in [0.3, 0.4) is 0 Å². The van der Waals surface area contributed by atoms with Crippen molar-refractivity contribution in [1.82, 2.24) is 0 Å². The topological polar surface area (TPSA) is 55.1 Å². The largest absolute Gasteiger partial charge is 0.399 e. The molecule has 2 rings (SSSR count). The first-order valence-electron chi connectivity index (χ1n) is 5.75. The number of rotatable bonds is 3. The fourth-order valence-electron chi connectivity index (χ4n) is 1.69. The molecule has 0 fully saturated rings. The summed E-state index contributed by atoms with van der Waals surface area (Å²) < 4.78 is 40.2. The van der Waals surface area contributed by atoms with Gasteiger partial charge in [-0.3, -0.25) is 4.79 Å². The predicted octanol–water partition coefficient (Wildman–Crippen LogP) is 2.87. The Kier molecular flexibility index (Phi) is 3.93. The highest BCUT2D eigenvalue weighted by Crippen LogP contribution is 2.18. The van der Waals surface area contributed by atoms with Crippen molar-refractivity contribution in [1.29, 1.82) is 0 Å². The van der Waals surface area contributed by atoms with E-state index in [4.69, 9.17) is 5.73 Å². The van der Waals surface area contributed by atoms with E-state index in [1.54, 1.807) is 0 Å². The molecule has 3 nitrogen and oxygen atoms in total. The molecule has 0 aliphatic heterocycles. The van der Waals surface area contributed by atoms with Crippen LogP contribution in [0.4, 0.5) is 24.5 Å². The number of amides is 1. The summed E-state index contributed by atoms with van der Waals surface area (Å²) in [6.07, 6.45) is -0.535. The van der Waals surface area contributed by atoms with Gasteiger partial charge in [-0.15, -0.1) is 0 Å². The van der Waals surface area contributed by atoms with E-state index in [0.29, 0.717) is 0 Å². The van der Waals surface area contributed by atoms with E-state index in [9.17, 15) is 18.0 Å². The summed E-state index contributed by atoms with van der Waals surface area (Å²) in [7, 11) is 0. The van der Waals surface area contributed by atoms with Gasteiger partial charge in [-0.05, 0) is 30.3 Å². The van der Waals surface area contributed by atoms with Gasteiger partial charge in [0, 0.05) is 11.3 Å². The molecule has 104 valence electrons. The van der Waals surface area contributed by atoms with Gasteiger partial charge in [-0.1, -0.05) is 6.07 Å². The number of carbonyl (C=O) groups is 1. The first kappa shape index (κ1) is 13.9. The summed E-state index contributed by atoms with van der Waals surface area (Å²) in [5, 5.41) is 2.23. The van der Waals surface area contributed by atoms with E-state index in [1.807, 2.05) is 0 Å². The van der Waals surface area contributed by atoms with Gasteiger partial charge in [-0.25, -0.2) is 13.2 Å². The highest BCUT2D eigenvalue weighted by atomic mass is 19.1. The van der Waals surface area contributed by atoms with Crippen LogP contribution in [0, 0.1) is 17.5 Å². The first-order chi connectivity index (χ1) is 9.47. The van der Waals surface area contributed by atoms with Crippen molar-refractivity contribution < 1.29 is 18.0 Å². The van der Waals surface area contributed by atoms with Gasteiger partial charge < -0.3 is 11.1 Å². The van der Waals surface area contributed by atoms with Crippen molar-refractivity contribution in [2.45, 2.75) is 6.42 Å². The molecule has 0 unspecified atom stereocenters. The number of carbonyl (C=O) groups excluding carboxylic acids is 1. The number of hydrogen-bond donors (Lipinski definition) is 2. The normalized spacial score (nSPS) is 10.3. The molecule has 6 heteroatoms. The van der Waals surface area contributed by atoms with Crippen LogP contribution in [-0.4, -0.2) is 5.91 Å². The van der Waals surface area contributed by atoms with Crippen molar-refractivity contribution in [2.24, 2.45) is 0 Å². The average Bonchev–Trinajstić information content (AvgIpc) is 2.38. The zero-order valence-electron chi connectivity index (χ0n) is 10.3. The Morgan fingerprint density at radius 1 is 1.05 bits per heavy atom. The number of anilines is 2. The molecule has 0 spiro atoms. The van der Waals surface area contributed by atoms with E-state index < -0.39 is 29.8 Å². The molecule has 0 heterocycles. The van der Waals surface area contributed by atoms with E-state index in [0.717, 1.165) is 18.2 Å². The Bertz CT molecular complexity index is 639. The van der Waals surface area contributed by atoms with Gasteiger partial charge in [0.15, 0.2) is 0 Å². The van der Waals surface area contributed by atoms with Crippen LogP contribution in [-0.2, 0) is 11.2 Å². The van der Waals surface area contributed by atoms with Crippen molar-refractivity contribution in [3.8, 4) is 0 Å². The third-order valence-electron chi connectivity index (χ3n) is 2.66. The minimum Gasteiger partial charge on any atom is -0.399 e. The number of nitrogens with one attached hydrogen (secondary N) is 1. The predicted molar refractivity (Wildman–Crippen MR) is 69.5 cm³/mol. The molecule has 1 amide bonds. The van der Waals surface area contributed by atoms with Gasteiger partial charge >= 0.3 is 0 Å². The minimum absolute atomic E-state index is 0.133. The number of benzene rings is 2. The summed E-state index contributed by atoms with van der Waals surface area (Å²) in [4.78, 5) is 11.7. The van der Waals surface area contributed by atoms with Crippen LogP contribution in [0.2, 0.25) is 0 Å². The summed E-state index contributed by atoms with van der Waals surface area (Å²) in [5.41, 5.74) is 5.23. The average molecular weight is 280 g/mol. The molecule has 0 aromatic heterocycles. The third kappa shape index (κ3) is 3.09. The Morgan fingerprint density at radius 3 is 2.35 bits per heavy atom. The van der Waals surface area contributed by atoms with Gasteiger partial charge in [0.25, 0.3) is 0 Å². The molecule has 0 saturated heterocycles. The molecular formula is C14H11F3N2O. The van der Waals surface area contributed by atoms with Gasteiger partial charge in [0.1, 0.15) is 17.5 Å². The molecule has 0 saturated carbocycles. The van der Waals surface area contributed by atoms with Crippen molar-refractivity contribution in [2.75, 3.05) is 11.1 Å². The summed E-state index contributed by atoms with van der Waals surface area (Å²) in [5.74, 6) is -3.07. The van der Waals surface area contributed by atoms with Crippen LogP contribution >= 0.6 is 0 Å². The lowest BCUT2D eigenvalue weighted by molar-refractivity contribution is -0.115. The maximum atomic E-state index is 13.4. The molecule has 0 bridgehead atoms. The zero-order valence-corrected chi connectivity index (χ0v) is 10.3. The maximum absolute atomic E-state index is 13.4. The Morgan fingerprint density at radius 2 is 1.70 bits per heavy atom. The lowest BCUT2D eigenvalue weighted by atomic mass is 10.1. The van der Waals surface area contributed by atoms with Gasteiger partial charge in [0.2, 0.25) is 5.91 Å². The fourth-order valence-corrected chi connectivity index (χ4v) is 1.69. The highest BCUT2D eigenvalue weighted by Gasteiger charge is 2.14. The molecule has 0 atom stereocenters. The van der Waals surface area contributed by atoms with Crippen molar-refractivity contribution >= 4 is 17.3 Å². The monoisotopic (exact) mass is 280 g/mol. The maximum Gasteiger partial charge on any atom is 0.229 e. The van der Waals surface area contributed by atoms with Gasteiger partial charge in [-0.2, -0.15) is 0 Å². The number of hydrogen-bond acceptors (Lipinski definition) is 2. The molecule has 2 aromatic carbocycles. The lowest BCUT2D eigenvalue weighted by Gasteiger charge is -2.08. The van der Waals surface area contributed by atoms with Crippen LogP contribution in [0.1, 0.15) is 5.56 Å². The van der Waals surface area contributed by atoms with Crippen LogP contribution in [0.5, 0.6) is 0 Å². The summed E-state index contributed by atoms with van der Waals surface area (Å²) in [6, 6.07) is 6.95. The molecule has 3 N–H and O–H groups in total. The second-order valence-electron chi connectivity index (χ2n) is 4.16. The standard InChI is InChI=1S/C14H11F3N2O/c15-10-2-1-3-11(16)9(10)7-14(20)19-13-6-8(18)4-5-12(13)17/h1-6H,7,18H2,(H,19,20). The SMILES string of the molecule is Nc1ccc(F)c(NC(=O)Cc2c(F)cccc2F)c1. The third-order valence-corrected chi connectivity index (χ3v) is 2.66. The molecule has 0 radical (unpaired) electrons. The van der Waals surface area contributed by atoms with Crippen molar-refractivity contribution in [3.05, 3.63) is 59.4 Å². The second-order valence-corrected chi connectivity index (χ2v) is 4.16. The molecule has 2 aromatic rings. The van der Waals surface area contributed by atoms with E-state index in [-0.39, 0.29) is 16.9 Å². The highest BCUT2D eigenvalue weighted by molar-refractivity contribution is 5.92. The number of halogens is 3. The van der Waals surface area contributed by atoms with E-state index in [1.165, 1.54) is 18.2 Å². The summed E-state index contributed by atoms with van der Waals surface area (Å²) in [6.45, 7) is 0. The quantitative estimate of drug-likeness (QED) is 0.849. The van der Waals surface area contributed by atoms with E-state index in [2.05, 4.69) is 5.32 Å². The summed E-state index contributed by atoms with van der Waals surface area (Å²) >= 11 is 0.